The van der Waals surface area contributed by atoms with Crippen LogP contribution < -0.4 is 10.0 Å². The van der Waals surface area contributed by atoms with E-state index < -0.39 is 15.9 Å². The maximum Gasteiger partial charge on any atom is 0.275 e. The molecule has 0 bridgehead atoms. The Bertz CT molecular complexity index is 1130. The quantitative estimate of drug-likeness (QED) is 0.658. The lowest BCUT2D eigenvalue weighted by atomic mass is 10.2. The smallest absolute Gasteiger partial charge is 0.275 e. The first-order valence-corrected chi connectivity index (χ1v) is 10.1. The fraction of sp³-hybridized carbons (Fsp3) is 0.105. The fourth-order valence-corrected chi connectivity index (χ4v) is 4.01. The van der Waals surface area contributed by atoms with E-state index in [-0.39, 0.29) is 21.3 Å². The zero-order valence-electron chi connectivity index (χ0n) is 15.1. The second-order valence-corrected chi connectivity index (χ2v) is 8.12. The first kappa shape index (κ1) is 19.8. The molecule has 2 aromatic carbocycles. The molecular weight excluding hydrogens is 400 g/mol. The van der Waals surface area contributed by atoms with E-state index in [1.807, 2.05) is 0 Å². The highest BCUT2D eigenvalue weighted by Gasteiger charge is 2.19. The molecule has 0 aliphatic rings. The largest absolute Gasteiger partial charge is 0.321 e. The monoisotopic (exact) mass is 416 g/mol. The maximum atomic E-state index is 12.8. The third-order valence-electron chi connectivity index (χ3n) is 3.87. The summed E-state index contributed by atoms with van der Waals surface area (Å²) in [5, 5.41) is 2.92. The minimum Gasteiger partial charge on any atom is -0.321 e. The number of hydrogen-bond acceptors (Lipinski definition) is 5. The summed E-state index contributed by atoms with van der Waals surface area (Å²) in [6.07, 6.45) is 2.84. The van der Waals surface area contributed by atoms with E-state index in [0.717, 1.165) is 0 Å². The van der Waals surface area contributed by atoms with Gasteiger partial charge in [0.15, 0.2) is 0 Å². The molecule has 0 atom stereocenters. The molecule has 0 unspecified atom stereocenters. The van der Waals surface area contributed by atoms with Crippen LogP contribution >= 0.6 is 11.6 Å². The van der Waals surface area contributed by atoms with Crippen LogP contribution in [0.2, 0.25) is 5.02 Å². The Morgan fingerprint density at radius 2 is 1.79 bits per heavy atom. The molecule has 0 fully saturated rings. The van der Waals surface area contributed by atoms with Gasteiger partial charge in [0, 0.05) is 11.9 Å². The molecule has 3 rings (SSSR count). The van der Waals surface area contributed by atoms with Crippen molar-refractivity contribution in [2.45, 2.75) is 18.7 Å². The summed E-state index contributed by atoms with van der Waals surface area (Å²) >= 11 is 6.04. The lowest BCUT2D eigenvalue weighted by Gasteiger charge is -2.13. The summed E-state index contributed by atoms with van der Waals surface area (Å²) < 4.78 is 28.1. The average Bonchev–Trinajstić information content (AvgIpc) is 2.65. The van der Waals surface area contributed by atoms with E-state index in [4.69, 9.17) is 11.6 Å². The van der Waals surface area contributed by atoms with Crippen LogP contribution in [0.4, 0.5) is 11.4 Å². The van der Waals surface area contributed by atoms with Crippen molar-refractivity contribution in [3.8, 4) is 0 Å². The summed E-state index contributed by atoms with van der Waals surface area (Å²) in [5.74, 6) is -0.487. The highest BCUT2D eigenvalue weighted by atomic mass is 35.5. The lowest BCUT2D eigenvalue weighted by Crippen LogP contribution is -2.17. The number of carbonyl (C=O) groups is 1. The molecular formula is C19H17ClN4O3S. The molecule has 28 heavy (non-hydrogen) atoms. The number of aryl methyl sites for hydroxylation is 2. The van der Waals surface area contributed by atoms with Crippen LogP contribution in [-0.4, -0.2) is 24.3 Å². The van der Waals surface area contributed by atoms with Gasteiger partial charge in [0.25, 0.3) is 15.9 Å². The number of hydrogen-bond donors (Lipinski definition) is 2. The molecule has 7 nitrogen and oxygen atoms in total. The van der Waals surface area contributed by atoms with Crippen molar-refractivity contribution in [1.29, 1.82) is 0 Å². The predicted molar refractivity (Wildman–Crippen MR) is 108 cm³/mol. The van der Waals surface area contributed by atoms with Crippen LogP contribution in [0.3, 0.4) is 0 Å². The third-order valence-corrected chi connectivity index (χ3v) is 5.70. The first-order chi connectivity index (χ1) is 13.3. The third kappa shape index (κ3) is 4.47. The first-order valence-electron chi connectivity index (χ1n) is 8.24. The average molecular weight is 417 g/mol. The number of benzene rings is 2. The van der Waals surface area contributed by atoms with E-state index in [0.29, 0.717) is 16.9 Å². The molecule has 0 saturated carbocycles. The Balaban J connectivity index is 1.87. The molecule has 0 aliphatic carbocycles. The number of nitrogens with one attached hydrogen (secondary N) is 2. The molecule has 0 saturated heterocycles. The molecule has 1 aromatic heterocycles. The zero-order valence-corrected chi connectivity index (χ0v) is 16.7. The summed E-state index contributed by atoms with van der Waals surface area (Å²) in [4.78, 5) is 20.4. The zero-order chi connectivity index (χ0) is 20.3. The molecule has 0 aliphatic heterocycles. The minimum absolute atomic E-state index is 0.0280. The number of nitrogens with zero attached hydrogens (tertiary/aromatic N) is 2. The van der Waals surface area contributed by atoms with Gasteiger partial charge in [-0.05, 0) is 43.7 Å². The van der Waals surface area contributed by atoms with Gasteiger partial charge in [-0.2, -0.15) is 0 Å². The number of halogens is 1. The van der Waals surface area contributed by atoms with Crippen LogP contribution in [0.25, 0.3) is 0 Å². The van der Waals surface area contributed by atoms with Gasteiger partial charge in [-0.1, -0.05) is 29.8 Å². The Labute approximate surface area is 167 Å². The van der Waals surface area contributed by atoms with Gasteiger partial charge in [0.05, 0.1) is 27.5 Å². The number of aromatic nitrogens is 2. The van der Waals surface area contributed by atoms with Crippen molar-refractivity contribution >= 4 is 38.9 Å². The van der Waals surface area contributed by atoms with Gasteiger partial charge in [-0.25, -0.2) is 13.4 Å². The summed E-state index contributed by atoms with van der Waals surface area (Å²) in [6, 6.07) is 11.1. The van der Waals surface area contributed by atoms with E-state index in [9.17, 15) is 13.2 Å². The van der Waals surface area contributed by atoms with Crippen molar-refractivity contribution in [2.75, 3.05) is 10.0 Å². The van der Waals surface area contributed by atoms with Crippen molar-refractivity contribution < 1.29 is 13.2 Å². The molecule has 144 valence electrons. The van der Waals surface area contributed by atoms with Gasteiger partial charge in [-0.15, -0.1) is 0 Å². The van der Waals surface area contributed by atoms with E-state index in [1.165, 1.54) is 18.5 Å². The number of rotatable bonds is 5. The summed E-state index contributed by atoms with van der Waals surface area (Å²) in [5.41, 5.74) is 1.92. The van der Waals surface area contributed by atoms with Gasteiger partial charge >= 0.3 is 0 Å². The molecule has 9 heteroatoms. The normalized spacial score (nSPS) is 11.1. The van der Waals surface area contributed by atoms with Gasteiger partial charge in [0.1, 0.15) is 5.69 Å². The second-order valence-electron chi connectivity index (χ2n) is 6.06. The predicted octanol–water partition coefficient (Wildman–Crippen LogP) is 3.80. The Hall–Kier alpha value is -2.97. The van der Waals surface area contributed by atoms with Crippen molar-refractivity contribution in [2.24, 2.45) is 0 Å². The Morgan fingerprint density at radius 1 is 1.04 bits per heavy atom. The van der Waals surface area contributed by atoms with E-state index in [2.05, 4.69) is 20.0 Å². The highest BCUT2D eigenvalue weighted by Crippen LogP contribution is 2.27. The van der Waals surface area contributed by atoms with Gasteiger partial charge in [0.2, 0.25) is 0 Å². The number of amides is 1. The molecule has 1 heterocycles. The molecule has 1 amide bonds. The lowest BCUT2D eigenvalue weighted by molar-refractivity contribution is 0.102. The van der Waals surface area contributed by atoms with Crippen LogP contribution in [-0.2, 0) is 10.0 Å². The fourth-order valence-electron chi connectivity index (χ4n) is 2.42. The highest BCUT2D eigenvalue weighted by molar-refractivity contribution is 7.92. The maximum absolute atomic E-state index is 12.8. The topological polar surface area (TPSA) is 101 Å². The number of carbonyl (C=O) groups excluding carboxylic acids is 1. The van der Waals surface area contributed by atoms with E-state index in [1.54, 1.807) is 50.2 Å². The number of para-hydroxylation sites is 1. The minimum atomic E-state index is -3.91. The Morgan fingerprint density at radius 3 is 2.46 bits per heavy atom. The van der Waals surface area contributed by atoms with Gasteiger partial charge in [-0.3, -0.25) is 14.5 Å². The number of sulfonamides is 1. The van der Waals surface area contributed by atoms with Crippen molar-refractivity contribution in [3.63, 3.8) is 0 Å². The summed E-state index contributed by atoms with van der Waals surface area (Å²) in [6.45, 7) is 3.43. The van der Waals surface area contributed by atoms with E-state index >= 15 is 0 Å². The van der Waals surface area contributed by atoms with Crippen LogP contribution in [0.5, 0.6) is 0 Å². The van der Waals surface area contributed by atoms with Crippen molar-refractivity contribution in [3.05, 3.63) is 76.8 Å². The summed E-state index contributed by atoms with van der Waals surface area (Å²) in [7, 11) is -3.91. The van der Waals surface area contributed by atoms with Gasteiger partial charge < -0.3 is 5.32 Å². The van der Waals surface area contributed by atoms with Crippen LogP contribution in [0.1, 0.15) is 21.7 Å². The Kier molecular flexibility index (Phi) is 5.62. The van der Waals surface area contributed by atoms with Crippen molar-refractivity contribution in [1.82, 2.24) is 9.97 Å². The molecule has 3 aromatic rings. The van der Waals surface area contributed by atoms with Crippen LogP contribution in [0.15, 0.2) is 59.8 Å². The molecule has 0 radical (unpaired) electrons. The SMILES string of the molecule is Cc1cnc(C(=O)Nc2ccc(C)c(S(=O)(=O)Nc3ccccc3Cl)c2)cn1. The number of anilines is 2. The van der Waals surface area contributed by atoms with Crippen LogP contribution in [0, 0.1) is 13.8 Å². The molecule has 0 spiro atoms. The second kappa shape index (κ2) is 7.95. The standard InChI is InChI=1S/C19H17ClN4O3S/c1-12-7-8-14(23-19(25)17-11-21-13(2)10-22-17)9-18(12)28(26,27)24-16-6-4-3-5-15(16)20/h3-11,24H,1-2H3,(H,23,25). The molecule has 2 N–H and O–H groups in total.